The summed E-state index contributed by atoms with van der Waals surface area (Å²) >= 11 is 6.05. The molecule has 1 aromatic carbocycles. The van der Waals surface area contributed by atoms with Crippen molar-refractivity contribution in [2.24, 2.45) is 0 Å². The molecule has 0 aliphatic carbocycles. The fourth-order valence-electron chi connectivity index (χ4n) is 1.40. The Hall–Kier alpha value is -0.570. The molecule has 15 heavy (non-hydrogen) atoms. The molecule has 0 atom stereocenters. The molecule has 84 valence electrons. The first kappa shape index (κ1) is 12.5. The van der Waals surface area contributed by atoms with E-state index in [2.05, 4.69) is 23.6 Å². The van der Waals surface area contributed by atoms with Crippen molar-refractivity contribution in [1.82, 2.24) is 10.6 Å². The molecule has 0 aliphatic rings. The van der Waals surface area contributed by atoms with Gasteiger partial charge in [-0.05, 0) is 31.1 Å². The predicted molar refractivity (Wildman–Crippen MR) is 66.6 cm³/mol. The third-order valence-corrected chi connectivity index (χ3v) is 2.63. The largest absolute Gasteiger partial charge is 0.316 e. The van der Waals surface area contributed by atoms with Crippen LogP contribution in [0.1, 0.15) is 12.5 Å². The average molecular weight is 227 g/mol. The zero-order valence-electron chi connectivity index (χ0n) is 9.22. The van der Waals surface area contributed by atoms with Crippen molar-refractivity contribution in [3.05, 3.63) is 34.9 Å². The molecule has 0 fully saturated rings. The van der Waals surface area contributed by atoms with Gasteiger partial charge >= 0.3 is 0 Å². The van der Waals surface area contributed by atoms with Gasteiger partial charge in [-0.15, -0.1) is 0 Å². The van der Waals surface area contributed by atoms with Crippen molar-refractivity contribution in [3.8, 4) is 0 Å². The Morgan fingerprint density at radius 3 is 2.53 bits per heavy atom. The summed E-state index contributed by atoms with van der Waals surface area (Å²) in [5.41, 5.74) is 1.22. The van der Waals surface area contributed by atoms with Crippen LogP contribution in [0.4, 0.5) is 0 Å². The lowest BCUT2D eigenvalue weighted by molar-refractivity contribution is 0.624. The molecule has 2 nitrogen and oxygen atoms in total. The minimum absolute atomic E-state index is 0.867. The van der Waals surface area contributed by atoms with Crippen LogP contribution in [0, 0.1) is 0 Å². The second-order valence-electron chi connectivity index (χ2n) is 3.44. The monoisotopic (exact) mass is 226 g/mol. The van der Waals surface area contributed by atoms with Crippen molar-refractivity contribution in [2.75, 3.05) is 26.2 Å². The Labute approximate surface area is 97.0 Å². The van der Waals surface area contributed by atoms with Gasteiger partial charge in [-0.2, -0.15) is 0 Å². The van der Waals surface area contributed by atoms with Gasteiger partial charge in [-0.3, -0.25) is 0 Å². The Bertz CT molecular complexity index is 276. The zero-order valence-corrected chi connectivity index (χ0v) is 9.98. The number of likely N-dealkylation sites (N-methyl/N-ethyl adjacent to an activating group) is 1. The molecular weight excluding hydrogens is 208 g/mol. The van der Waals surface area contributed by atoms with E-state index in [1.54, 1.807) is 0 Å². The number of rotatable bonds is 7. The van der Waals surface area contributed by atoms with Crippen LogP contribution < -0.4 is 10.6 Å². The average Bonchev–Trinajstić information content (AvgIpc) is 2.25. The Kier molecular flexibility index (Phi) is 6.41. The molecule has 0 aliphatic heterocycles. The van der Waals surface area contributed by atoms with Crippen molar-refractivity contribution in [1.29, 1.82) is 0 Å². The van der Waals surface area contributed by atoms with E-state index in [1.807, 2.05) is 18.2 Å². The number of halogens is 1. The molecule has 0 bridgehead atoms. The van der Waals surface area contributed by atoms with Crippen molar-refractivity contribution in [3.63, 3.8) is 0 Å². The van der Waals surface area contributed by atoms with E-state index < -0.39 is 0 Å². The molecule has 0 radical (unpaired) electrons. The predicted octanol–water partition coefficient (Wildman–Crippen LogP) is 2.08. The lowest BCUT2D eigenvalue weighted by Gasteiger charge is -2.06. The topological polar surface area (TPSA) is 24.1 Å². The number of benzene rings is 1. The van der Waals surface area contributed by atoms with E-state index in [0.29, 0.717) is 0 Å². The van der Waals surface area contributed by atoms with Gasteiger partial charge in [0.2, 0.25) is 0 Å². The zero-order chi connectivity index (χ0) is 10.9. The maximum Gasteiger partial charge on any atom is 0.0438 e. The summed E-state index contributed by atoms with van der Waals surface area (Å²) in [6.45, 7) is 6.17. The van der Waals surface area contributed by atoms with Gasteiger partial charge in [0, 0.05) is 18.1 Å². The summed E-state index contributed by atoms with van der Waals surface area (Å²) in [5, 5.41) is 7.51. The molecule has 2 N–H and O–H groups in total. The molecule has 0 heterocycles. The molecule has 0 saturated carbocycles. The first-order valence-electron chi connectivity index (χ1n) is 5.49. The van der Waals surface area contributed by atoms with E-state index in [-0.39, 0.29) is 0 Å². The van der Waals surface area contributed by atoms with Crippen LogP contribution >= 0.6 is 11.6 Å². The lowest BCUT2D eigenvalue weighted by Crippen LogP contribution is -2.28. The van der Waals surface area contributed by atoms with Crippen molar-refractivity contribution >= 4 is 11.6 Å². The third kappa shape index (κ3) is 5.17. The highest BCUT2D eigenvalue weighted by molar-refractivity contribution is 6.31. The van der Waals surface area contributed by atoms with Crippen molar-refractivity contribution in [2.45, 2.75) is 13.3 Å². The smallest absolute Gasteiger partial charge is 0.0438 e. The lowest BCUT2D eigenvalue weighted by atomic mass is 10.1. The van der Waals surface area contributed by atoms with Gasteiger partial charge < -0.3 is 10.6 Å². The Morgan fingerprint density at radius 1 is 1.07 bits per heavy atom. The quantitative estimate of drug-likeness (QED) is 0.696. The van der Waals surface area contributed by atoms with E-state index in [9.17, 15) is 0 Å². The number of hydrogen-bond donors (Lipinski definition) is 2. The normalized spacial score (nSPS) is 10.5. The molecule has 1 aromatic rings. The molecule has 0 unspecified atom stereocenters. The van der Waals surface area contributed by atoms with Gasteiger partial charge in [0.25, 0.3) is 0 Å². The second-order valence-corrected chi connectivity index (χ2v) is 3.85. The maximum absolute atomic E-state index is 6.05. The van der Waals surface area contributed by atoms with Gasteiger partial charge in [0.15, 0.2) is 0 Å². The van der Waals surface area contributed by atoms with Gasteiger partial charge in [0.05, 0.1) is 0 Å². The first-order chi connectivity index (χ1) is 7.34. The highest BCUT2D eigenvalue weighted by atomic mass is 35.5. The minimum atomic E-state index is 0.867. The fraction of sp³-hybridized carbons (Fsp3) is 0.500. The molecular formula is C12H19ClN2. The van der Waals surface area contributed by atoms with E-state index in [1.165, 1.54) is 5.56 Å². The number of nitrogens with one attached hydrogen (secondary N) is 2. The summed E-state index contributed by atoms with van der Waals surface area (Å²) < 4.78 is 0. The summed E-state index contributed by atoms with van der Waals surface area (Å²) in [5.74, 6) is 0. The summed E-state index contributed by atoms with van der Waals surface area (Å²) in [7, 11) is 0. The van der Waals surface area contributed by atoms with Crippen LogP contribution in [-0.4, -0.2) is 26.2 Å². The van der Waals surface area contributed by atoms with E-state index in [0.717, 1.165) is 37.6 Å². The number of hydrogen-bond acceptors (Lipinski definition) is 2. The van der Waals surface area contributed by atoms with E-state index >= 15 is 0 Å². The first-order valence-corrected chi connectivity index (χ1v) is 5.87. The van der Waals surface area contributed by atoms with Crippen LogP contribution in [-0.2, 0) is 6.42 Å². The van der Waals surface area contributed by atoms with Crippen molar-refractivity contribution < 1.29 is 0 Å². The highest BCUT2D eigenvalue weighted by Gasteiger charge is 1.97. The summed E-state index contributed by atoms with van der Waals surface area (Å²) in [6.07, 6.45) is 0.992. The maximum atomic E-state index is 6.05. The second kappa shape index (κ2) is 7.69. The third-order valence-electron chi connectivity index (χ3n) is 2.26. The van der Waals surface area contributed by atoms with E-state index in [4.69, 9.17) is 11.6 Å². The molecule has 0 spiro atoms. The molecule has 0 aromatic heterocycles. The van der Waals surface area contributed by atoms with Crippen LogP contribution in [0.25, 0.3) is 0 Å². The molecule has 0 amide bonds. The molecule has 3 heteroatoms. The Morgan fingerprint density at radius 2 is 1.80 bits per heavy atom. The van der Waals surface area contributed by atoms with Crippen LogP contribution in [0.15, 0.2) is 24.3 Å². The fourth-order valence-corrected chi connectivity index (χ4v) is 1.63. The van der Waals surface area contributed by atoms with Crippen LogP contribution in [0.5, 0.6) is 0 Å². The van der Waals surface area contributed by atoms with Gasteiger partial charge in [-0.1, -0.05) is 36.7 Å². The standard InChI is InChI=1S/C12H19ClN2/c1-2-14-9-10-15-8-7-11-5-3-4-6-12(11)13/h3-6,14-15H,2,7-10H2,1H3. The summed E-state index contributed by atoms with van der Waals surface area (Å²) in [6, 6.07) is 8.01. The van der Waals surface area contributed by atoms with Gasteiger partial charge in [-0.25, -0.2) is 0 Å². The SMILES string of the molecule is CCNCCNCCc1ccccc1Cl. The highest BCUT2D eigenvalue weighted by Crippen LogP contribution is 2.14. The summed E-state index contributed by atoms with van der Waals surface area (Å²) in [4.78, 5) is 0. The van der Waals surface area contributed by atoms with Crippen LogP contribution in [0.3, 0.4) is 0 Å². The molecule has 1 rings (SSSR count). The molecule has 0 saturated heterocycles. The van der Waals surface area contributed by atoms with Crippen LogP contribution in [0.2, 0.25) is 5.02 Å². The Balaban J connectivity index is 2.12. The van der Waals surface area contributed by atoms with Gasteiger partial charge in [0.1, 0.15) is 0 Å². The minimum Gasteiger partial charge on any atom is -0.316 e.